The summed E-state index contributed by atoms with van der Waals surface area (Å²) in [6.45, 7) is 5.11. The van der Waals surface area contributed by atoms with Crippen molar-refractivity contribution in [2.75, 3.05) is 17.2 Å². The second-order valence-corrected chi connectivity index (χ2v) is 5.37. The lowest BCUT2D eigenvalue weighted by atomic mass is 10.1. The maximum Gasteiger partial charge on any atom is 0.276 e. The number of carbonyl (C=O) groups is 1. The molecule has 0 atom stereocenters. The van der Waals surface area contributed by atoms with Gasteiger partial charge in [-0.1, -0.05) is 13.8 Å². The van der Waals surface area contributed by atoms with Crippen LogP contribution in [0, 0.1) is 11.7 Å². The molecule has 0 aliphatic rings. The monoisotopic (exact) mass is 302 g/mol. The van der Waals surface area contributed by atoms with Crippen LogP contribution in [0.1, 0.15) is 30.8 Å². The van der Waals surface area contributed by atoms with Crippen LogP contribution in [0.4, 0.5) is 15.9 Å². The Morgan fingerprint density at radius 1 is 1.14 bits per heavy atom. The number of anilines is 2. The first kappa shape index (κ1) is 15.9. The SMILES string of the molecule is CC(C)CCNc1ccc(C(=O)Nc2ccc(F)cc2)nn1. The van der Waals surface area contributed by atoms with Gasteiger partial charge < -0.3 is 10.6 Å². The van der Waals surface area contributed by atoms with Crippen LogP contribution in [0.3, 0.4) is 0 Å². The molecular weight excluding hydrogens is 283 g/mol. The second-order valence-electron chi connectivity index (χ2n) is 5.37. The highest BCUT2D eigenvalue weighted by atomic mass is 19.1. The van der Waals surface area contributed by atoms with Crippen LogP contribution in [0.25, 0.3) is 0 Å². The van der Waals surface area contributed by atoms with Crippen molar-refractivity contribution in [1.29, 1.82) is 0 Å². The topological polar surface area (TPSA) is 66.9 Å². The molecule has 2 rings (SSSR count). The summed E-state index contributed by atoms with van der Waals surface area (Å²) < 4.78 is 12.8. The van der Waals surface area contributed by atoms with Crippen LogP contribution in [0.15, 0.2) is 36.4 Å². The molecule has 5 nitrogen and oxygen atoms in total. The molecule has 0 radical (unpaired) electrons. The minimum Gasteiger partial charge on any atom is -0.369 e. The predicted molar refractivity (Wildman–Crippen MR) is 84.3 cm³/mol. The molecule has 22 heavy (non-hydrogen) atoms. The van der Waals surface area contributed by atoms with Gasteiger partial charge >= 0.3 is 0 Å². The van der Waals surface area contributed by atoms with Gasteiger partial charge in [0.15, 0.2) is 5.69 Å². The summed E-state index contributed by atoms with van der Waals surface area (Å²) in [5, 5.41) is 13.6. The van der Waals surface area contributed by atoms with Crippen molar-refractivity contribution < 1.29 is 9.18 Å². The fourth-order valence-electron chi connectivity index (χ4n) is 1.76. The lowest BCUT2D eigenvalue weighted by molar-refractivity contribution is 0.102. The Bertz CT molecular complexity index is 611. The highest BCUT2D eigenvalue weighted by molar-refractivity contribution is 6.02. The number of nitrogens with one attached hydrogen (secondary N) is 2. The van der Waals surface area contributed by atoms with Gasteiger partial charge in [-0.05, 0) is 48.7 Å². The summed E-state index contributed by atoms with van der Waals surface area (Å²) in [6.07, 6.45) is 1.04. The summed E-state index contributed by atoms with van der Waals surface area (Å²) in [6, 6.07) is 8.85. The van der Waals surface area contributed by atoms with Crippen LogP contribution in [0.2, 0.25) is 0 Å². The van der Waals surface area contributed by atoms with Gasteiger partial charge in [0.2, 0.25) is 0 Å². The van der Waals surface area contributed by atoms with Gasteiger partial charge in [-0.3, -0.25) is 4.79 Å². The highest BCUT2D eigenvalue weighted by Gasteiger charge is 2.08. The van der Waals surface area contributed by atoms with Crippen LogP contribution in [-0.2, 0) is 0 Å². The third-order valence-corrected chi connectivity index (χ3v) is 3.03. The molecule has 1 aromatic carbocycles. The minimum atomic E-state index is -0.382. The number of amides is 1. The molecule has 0 saturated heterocycles. The minimum absolute atomic E-state index is 0.207. The molecule has 0 fully saturated rings. The fourth-order valence-corrected chi connectivity index (χ4v) is 1.76. The summed E-state index contributed by atoms with van der Waals surface area (Å²) in [5.74, 6) is 0.516. The standard InChI is InChI=1S/C16H19FN4O/c1-11(2)9-10-18-15-8-7-14(20-21-15)16(22)19-13-5-3-12(17)4-6-13/h3-8,11H,9-10H2,1-2H3,(H,18,21)(H,19,22). The van der Waals surface area contributed by atoms with E-state index in [0.29, 0.717) is 17.4 Å². The van der Waals surface area contributed by atoms with Crippen molar-refractivity contribution >= 4 is 17.4 Å². The van der Waals surface area contributed by atoms with Crippen molar-refractivity contribution in [2.45, 2.75) is 20.3 Å². The fraction of sp³-hybridized carbons (Fsp3) is 0.312. The Morgan fingerprint density at radius 2 is 1.86 bits per heavy atom. The molecule has 116 valence electrons. The zero-order chi connectivity index (χ0) is 15.9. The Morgan fingerprint density at radius 3 is 2.45 bits per heavy atom. The Hall–Kier alpha value is -2.50. The van der Waals surface area contributed by atoms with Crippen LogP contribution in [0.5, 0.6) is 0 Å². The first-order chi connectivity index (χ1) is 10.5. The summed E-state index contributed by atoms with van der Waals surface area (Å²) in [4.78, 5) is 12.0. The number of carbonyl (C=O) groups excluding carboxylic acids is 1. The molecule has 1 aromatic heterocycles. The summed E-state index contributed by atoms with van der Waals surface area (Å²) in [7, 11) is 0. The number of nitrogens with zero attached hydrogens (tertiary/aromatic N) is 2. The number of aromatic nitrogens is 2. The van der Waals surface area contributed by atoms with E-state index in [4.69, 9.17) is 0 Å². The number of halogens is 1. The smallest absolute Gasteiger partial charge is 0.276 e. The molecule has 1 heterocycles. The van der Waals surface area contributed by atoms with E-state index in [1.54, 1.807) is 12.1 Å². The van der Waals surface area contributed by atoms with Gasteiger partial charge in [-0.25, -0.2) is 4.39 Å². The Balaban J connectivity index is 1.91. The maximum absolute atomic E-state index is 12.8. The van der Waals surface area contributed by atoms with Gasteiger partial charge in [0.1, 0.15) is 11.6 Å². The Kier molecular flexibility index (Phi) is 5.41. The average molecular weight is 302 g/mol. The molecule has 2 N–H and O–H groups in total. The van der Waals surface area contributed by atoms with Crippen molar-refractivity contribution in [2.24, 2.45) is 5.92 Å². The van der Waals surface area contributed by atoms with Gasteiger partial charge in [-0.2, -0.15) is 0 Å². The molecule has 0 aliphatic heterocycles. The normalized spacial score (nSPS) is 10.5. The van der Waals surface area contributed by atoms with E-state index in [2.05, 4.69) is 34.7 Å². The second kappa shape index (κ2) is 7.49. The molecule has 0 aliphatic carbocycles. The molecule has 1 amide bonds. The van der Waals surface area contributed by atoms with Gasteiger partial charge in [-0.15, -0.1) is 10.2 Å². The molecule has 0 bridgehead atoms. The number of hydrogen-bond acceptors (Lipinski definition) is 4. The average Bonchev–Trinajstić information content (AvgIpc) is 2.50. The van der Waals surface area contributed by atoms with Crippen molar-refractivity contribution in [3.05, 3.63) is 47.9 Å². The van der Waals surface area contributed by atoms with Gasteiger partial charge in [0.25, 0.3) is 5.91 Å². The first-order valence-corrected chi connectivity index (χ1v) is 7.19. The number of rotatable bonds is 6. The van der Waals surface area contributed by atoms with Crippen LogP contribution < -0.4 is 10.6 Å². The van der Waals surface area contributed by atoms with Gasteiger partial charge in [0.05, 0.1) is 0 Å². The van der Waals surface area contributed by atoms with Crippen molar-refractivity contribution in [1.82, 2.24) is 10.2 Å². The molecule has 0 spiro atoms. The molecule has 6 heteroatoms. The lowest BCUT2D eigenvalue weighted by Crippen LogP contribution is -2.15. The van der Waals surface area contributed by atoms with Gasteiger partial charge in [0, 0.05) is 12.2 Å². The van der Waals surface area contributed by atoms with E-state index in [9.17, 15) is 9.18 Å². The first-order valence-electron chi connectivity index (χ1n) is 7.19. The summed E-state index contributed by atoms with van der Waals surface area (Å²) >= 11 is 0. The third-order valence-electron chi connectivity index (χ3n) is 3.03. The quantitative estimate of drug-likeness (QED) is 0.859. The lowest BCUT2D eigenvalue weighted by Gasteiger charge is -2.07. The third kappa shape index (κ3) is 4.80. The van der Waals surface area contributed by atoms with E-state index in [-0.39, 0.29) is 17.4 Å². The number of benzene rings is 1. The Labute approximate surface area is 129 Å². The van der Waals surface area contributed by atoms with E-state index in [0.717, 1.165) is 13.0 Å². The van der Waals surface area contributed by atoms with E-state index >= 15 is 0 Å². The van der Waals surface area contributed by atoms with Crippen LogP contribution >= 0.6 is 0 Å². The molecule has 2 aromatic rings. The van der Waals surface area contributed by atoms with E-state index < -0.39 is 0 Å². The highest BCUT2D eigenvalue weighted by Crippen LogP contribution is 2.10. The number of hydrogen-bond donors (Lipinski definition) is 2. The molecular formula is C16H19FN4O. The zero-order valence-electron chi connectivity index (χ0n) is 12.6. The van der Waals surface area contributed by atoms with Crippen molar-refractivity contribution in [3.8, 4) is 0 Å². The summed E-state index contributed by atoms with van der Waals surface area (Å²) in [5.41, 5.74) is 0.714. The predicted octanol–water partition coefficient (Wildman–Crippen LogP) is 3.33. The largest absolute Gasteiger partial charge is 0.369 e. The van der Waals surface area contributed by atoms with E-state index in [1.807, 2.05) is 0 Å². The molecule has 0 saturated carbocycles. The zero-order valence-corrected chi connectivity index (χ0v) is 12.6. The van der Waals surface area contributed by atoms with E-state index in [1.165, 1.54) is 24.3 Å². The van der Waals surface area contributed by atoms with Crippen LogP contribution in [-0.4, -0.2) is 22.6 Å². The maximum atomic E-state index is 12.8. The molecule has 0 unspecified atom stereocenters. The van der Waals surface area contributed by atoms with Crippen molar-refractivity contribution in [3.63, 3.8) is 0 Å².